The van der Waals surface area contributed by atoms with Crippen molar-refractivity contribution in [2.45, 2.75) is 4.94 Å². The summed E-state index contributed by atoms with van der Waals surface area (Å²) in [6.07, 6.45) is 0. The molecule has 0 aromatic heterocycles. The van der Waals surface area contributed by atoms with E-state index in [0.29, 0.717) is 0 Å². The summed E-state index contributed by atoms with van der Waals surface area (Å²) in [7, 11) is 6.72. The first-order chi connectivity index (χ1) is 12.5. The van der Waals surface area contributed by atoms with Crippen molar-refractivity contribution >= 4 is 36.3 Å². The molecule has 0 unspecified atom stereocenters. The second-order valence-electron chi connectivity index (χ2n) is 6.65. The Labute approximate surface area is 162 Å². The van der Waals surface area contributed by atoms with Crippen LogP contribution in [0.4, 0.5) is 17.1 Å². The van der Waals surface area contributed by atoms with Gasteiger partial charge in [-0.1, -0.05) is 0 Å². The summed E-state index contributed by atoms with van der Waals surface area (Å²) in [5.74, 6) is 0. The molecule has 0 fully saturated rings. The van der Waals surface area contributed by atoms with Crippen LogP contribution >= 0.6 is 0 Å². The molecule has 3 aromatic carbocycles. The zero-order valence-corrected chi connectivity index (χ0v) is 18.9. The van der Waals surface area contributed by atoms with Crippen molar-refractivity contribution in [1.82, 2.24) is 0 Å². The summed E-state index contributed by atoms with van der Waals surface area (Å²) in [6.45, 7) is 0. The normalized spacial score (nSPS) is 11.1. The molecule has 4 heteroatoms. The maximum absolute atomic E-state index is 3.24. The van der Waals surface area contributed by atoms with E-state index in [1.165, 1.54) is 17.1 Å². The van der Waals surface area contributed by atoms with Crippen LogP contribution in [0, 0.1) is 0 Å². The Morgan fingerprint density at radius 3 is 0.923 bits per heavy atom. The molecular weight excluding hydrogens is 425 g/mol. The molecule has 26 heavy (non-hydrogen) atoms. The van der Waals surface area contributed by atoms with E-state index in [1.807, 2.05) is 0 Å². The van der Waals surface area contributed by atoms with E-state index in [2.05, 4.69) is 126 Å². The van der Waals surface area contributed by atoms with Gasteiger partial charge in [0, 0.05) is 0 Å². The van der Waals surface area contributed by atoms with E-state index in [9.17, 15) is 0 Å². The molecule has 0 N–H and O–H groups in total. The van der Waals surface area contributed by atoms with Crippen molar-refractivity contribution in [1.29, 1.82) is 0 Å². The van der Waals surface area contributed by atoms with E-state index < -0.39 is 19.2 Å². The molecule has 0 heterocycles. The van der Waals surface area contributed by atoms with Gasteiger partial charge in [-0.05, 0) is 0 Å². The average molecular weight is 452 g/mol. The third-order valence-corrected chi connectivity index (χ3v) is 18.4. The molecule has 134 valence electrons. The third-order valence-electron chi connectivity index (χ3n) is 5.34. The van der Waals surface area contributed by atoms with E-state index in [1.54, 1.807) is 0 Å². The van der Waals surface area contributed by atoms with Gasteiger partial charge in [-0.3, -0.25) is 0 Å². The summed E-state index contributed by atoms with van der Waals surface area (Å²) in [5, 5.41) is 0. The third kappa shape index (κ3) is 3.54. The van der Waals surface area contributed by atoms with Crippen molar-refractivity contribution in [3.8, 4) is 0 Å². The van der Waals surface area contributed by atoms with Crippen LogP contribution in [-0.2, 0) is 0 Å². The van der Waals surface area contributed by atoms with Gasteiger partial charge in [0.05, 0.1) is 0 Å². The van der Waals surface area contributed by atoms with Crippen molar-refractivity contribution in [3.05, 3.63) is 91.0 Å². The number of rotatable bonds is 6. The molecule has 0 saturated heterocycles. The van der Waals surface area contributed by atoms with Crippen molar-refractivity contribution in [2.24, 2.45) is 0 Å². The molecule has 0 amide bonds. The first-order valence-corrected chi connectivity index (χ1v) is 15.6. The fraction of sp³-hybridized carbons (Fsp3) is 0.182. The Morgan fingerprint density at radius 2 is 0.692 bits per heavy atom. The number of anilines is 3. The van der Waals surface area contributed by atoms with Crippen LogP contribution in [0.5, 0.6) is 0 Å². The molecule has 3 nitrogen and oxygen atoms in total. The molecule has 0 saturated carbocycles. The first kappa shape index (κ1) is 18.6. The number of benzene rings is 3. The predicted octanol–water partition coefficient (Wildman–Crippen LogP) is 4.96. The van der Waals surface area contributed by atoms with E-state index in [4.69, 9.17) is 0 Å². The first-order valence-electron chi connectivity index (χ1n) is 8.92. The van der Waals surface area contributed by atoms with Crippen LogP contribution in [0.2, 0.25) is 4.94 Å². The molecule has 0 spiro atoms. The minimum absolute atomic E-state index is 1.26. The maximum atomic E-state index is 2.52. The van der Waals surface area contributed by atoms with Gasteiger partial charge in [-0.15, -0.1) is 0 Å². The molecule has 0 radical (unpaired) electrons. The molecule has 0 atom stereocenters. The SMILES string of the molecule is C[N](c1ccccc1)[Sn]([CH3])([N](C)c1ccccc1)[N](C)c1ccccc1. The second kappa shape index (κ2) is 8.04. The fourth-order valence-corrected chi connectivity index (χ4v) is 12.7. The molecule has 3 aromatic rings. The van der Waals surface area contributed by atoms with Crippen molar-refractivity contribution < 1.29 is 0 Å². The van der Waals surface area contributed by atoms with Crippen molar-refractivity contribution in [3.63, 3.8) is 0 Å². The van der Waals surface area contributed by atoms with Gasteiger partial charge in [0.25, 0.3) is 0 Å². The van der Waals surface area contributed by atoms with Gasteiger partial charge in [-0.25, -0.2) is 0 Å². The molecule has 3 rings (SSSR count). The second-order valence-corrected chi connectivity index (χ2v) is 17.9. The molecular formula is C22H27N3Sn. The predicted molar refractivity (Wildman–Crippen MR) is 116 cm³/mol. The Hall–Kier alpha value is -2.14. The van der Waals surface area contributed by atoms with Gasteiger partial charge in [-0.2, -0.15) is 0 Å². The van der Waals surface area contributed by atoms with Crippen LogP contribution in [0.1, 0.15) is 0 Å². The zero-order valence-electron chi connectivity index (χ0n) is 16.0. The average Bonchev–Trinajstić information content (AvgIpc) is 2.73. The van der Waals surface area contributed by atoms with Crippen LogP contribution in [0.25, 0.3) is 0 Å². The number of hydrogen-bond acceptors (Lipinski definition) is 3. The topological polar surface area (TPSA) is 9.72 Å². The fourth-order valence-electron chi connectivity index (χ4n) is 3.36. The van der Waals surface area contributed by atoms with Gasteiger partial charge in [0.15, 0.2) is 0 Å². The molecule has 0 bridgehead atoms. The van der Waals surface area contributed by atoms with Gasteiger partial charge >= 0.3 is 163 Å². The van der Waals surface area contributed by atoms with Crippen LogP contribution in [0.15, 0.2) is 91.0 Å². The minimum atomic E-state index is -3.24. The standard InChI is InChI=1S/3C7H8N.CH3.Sn/c3*1-8-7-5-3-2-4-6-7;;/h3*2-6H,1H3;1H3;/q3*-1;;+3. The number of nitrogens with zero attached hydrogens (tertiary/aromatic N) is 3. The van der Waals surface area contributed by atoms with E-state index in [0.717, 1.165) is 0 Å². The molecule has 0 aliphatic rings. The Balaban J connectivity index is 2.09. The van der Waals surface area contributed by atoms with Crippen LogP contribution in [-0.4, -0.2) is 40.3 Å². The summed E-state index contributed by atoms with van der Waals surface area (Å²) < 4.78 is 7.57. The quantitative estimate of drug-likeness (QED) is 0.490. The van der Waals surface area contributed by atoms with Gasteiger partial charge < -0.3 is 0 Å². The Bertz CT molecular complexity index is 698. The molecule has 0 aliphatic heterocycles. The Kier molecular flexibility index (Phi) is 5.76. The zero-order chi connectivity index (χ0) is 18.6. The summed E-state index contributed by atoms with van der Waals surface area (Å²) in [6, 6.07) is 32.1. The monoisotopic (exact) mass is 453 g/mol. The summed E-state index contributed by atoms with van der Waals surface area (Å²) in [4.78, 5) is 2.46. The summed E-state index contributed by atoms with van der Waals surface area (Å²) in [5.41, 5.74) is 3.78. The van der Waals surface area contributed by atoms with Crippen LogP contribution < -0.4 is 9.36 Å². The summed E-state index contributed by atoms with van der Waals surface area (Å²) >= 11 is -3.24. The molecule has 0 aliphatic carbocycles. The van der Waals surface area contributed by atoms with Gasteiger partial charge in [0.2, 0.25) is 0 Å². The number of hydrogen-bond donors (Lipinski definition) is 0. The van der Waals surface area contributed by atoms with Crippen LogP contribution in [0.3, 0.4) is 0 Å². The van der Waals surface area contributed by atoms with E-state index in [-0.39, 0.29) is 0 Å². The number of para-hydroxylation sites is 3. The Morgan fingerprint density at radius 1 is 0.462 bits per heavy atom. The van der Waals surface area contributed by atoms with Crippen molar-refractivity contribution in [2.75, 3.05) is 30.5 Å². The van der Waals surface area contributed by atoms with Gasteiger partial charge in [0.1, 0.15) is 0 Å². The van der Waals surface area contributed by atoms with E-state index >= 15 is 0 Å².